The van der Waals surface area contributed by atoms with Crippen LogP contribution in [0.4, 0.5) is 34.3 Å². The fourth-order valence-electron chi connectivity index (χ4n) is 5.60. The number of fused-ring (bicyclic) bond motifs is 2. The third kappa shape index (κ3) is 4.11. The van der Waals surface area contributed by atoms with Crippen LogP contribution >= 0.6 is 0 Å². The van der Waals surface area contributed by atoms with Crippen molar-refractivity contribution in [3.8, 4) is 22.3 Å². The lowest BCUT2D eigenvalue weighted by Gasteiger charge is -2.39. The molecule has 0 N–H and O–H groups in total. The number of anilines is 6. The summed E-state index contributed by atoms with van der Waals surface area (Å²) < 4.78 is 0. The van der Waals surface area contributed by atoms with Crippen LogP contribution in [0.25, 0.3) is 22.3 Å². The van der Waals surface area contributed by atoms with Crippen LogP contribution in [0.3, 0.4) is 0 Å². The molecule has 0 bridgehead atoms. The van der Waals surface area contributed by atoms with Crippen molar-refractivity contribution in [1.29, 1.82) is 0 Å². The summed E-state index contributed by atoms with van der Waals surface area (Å²) >= 11 is 0. The van der Waals surface area contributed by atoms with E-state index in [9.17, 15) is 0 Å². The van der Waals surface area contributed by atoms with Crippen molar-refractivity contribution in [3.05, 3.63) is 145 Å². The Labute approximate surface area is 234 Å². The van der Waals surface area contributed by atoms with Gasteiger partial charge in [0.05, 0.1) is 22.7 Å². The van der Waals surface area contributed by atoms with Crippen LogP contribution < -0.4 is 9.80 Å². The molecule has 3 heterocycles. The molecule has 0 atom stereocenters. The standard InChI is InChI=1S/C36H28N4/c1-25-16-21-31(26(2)38-25)28-19-17-27(18-20-28)29-22-23-37-36(24-29)40-34-14-8-6-12-32(34)39(30-10-4-3-5-11-30)33-13-7-9-15-35(33)40/h3-24H,1-2H3. The Bertz CT molecular complexity index is 1780. The van der Waals surface area contributed by atoms with Crippen LogP contribution in [-0.2, 0) is 0 Å². The molecule has 0 unspecified atom stereocenters. The summed E-state index contributed by atoms with van der Waals surface area (Å²) in [5.41, 5.74) is 12.2. The number of hydrogen-bond acceptors (Lipinski definition) is 4. The topological polar surface area (TPSA) is 32.3 Å². The van der Waals surface area contributed by atoms with Crippen LogP contribution in [0.1, 0.15) is 11.4 Å². The molecule has 0 saturated carbocycles. The summed E-state index contributed by atoms with van der Waals surface area (Å²) in [6.07, 6.45) is 1.90. The highest BCUT2D eigenvalue weighted by Gasteiger charge is 2.30. The minimum Gasteiger partial charge on any atom is -0.306 e. The van der Waals surface area contributed by atoms with Gasteiger partial charge in [-0.15, -0.1) is 0 Å². The van der Waals surface area contributed by atoms with Gasteiger partial charge in [0.15, 0.2) is 0 Å². The van der Waals surface area contributed by atoms with E-state index in [-0.39, 0.29) is 0 Å². The highest BCUT2D eigenvalue weighted by molar-refractivity contribution is 6.01. The first-order chi connectivity index (χ1) is 19.7. The second-order valence-electron chi connectivity index (χ2n) is 10.0. The van der Waals surface area contributed by atoms with Crippen molar-refractivity contribution < 1.29 is 0 Å². The summed E-state index contributed by atoms with van der Waals surface area (Å²) in [5, 5.41) is 0. The number of aryl methyl sites for hydroxylation is 2. The van der Waals surface area contributed by atoms with E-state index in [1.807, 2.05) is 13.1 Å². The minimum absolute atomic E-state index is 0.882. The highest BCUT2D eigenvalue weighted by Crippen LogP contribution is 2.53. The molecule has 0 saturated heterocycles. The lowest BCUT2D eigenvalue weighted by atomic mass is 9.99. The molecule has 7 rings (SSSR count). The molecule has 0 spiro atoms. The van der Waals surface area contributed by atoms with Crippen molar-refractivity contribution in [2.45, 2.75) is 13.8 Å². The highest BCUT2D eigenvalue weighted by atomic mass is 15.3. The number of nitrogens with zero attached hydrogens (tertiary/aromatic N) is 4. The Hall–Kier alpha value is -5.22. The molecule has 2 aromatic heterocycles. The normalized spacial score (nSPS) is 12.2. The maximum Gasteiger partial charge on any atom is 0.138 e. The predicted molar refractivity (Wildman–Crippen MR) is 165 cm³/mol. The van der Waals surface area contributed by atoms with E-state index in [2.05, 4.69) is 149 Å². The zero-order valence-corrected chi connectivity index (χ0v) is 22.5. The first-order valence-electron chi connectivity index (χ1n) is 13.5. The zero-order valence-electron chi connectivity index (χ0n) is 22.5. The molecule has 1 aliphatic rings. The molecule has 4 heteroatoms. The van der Waals surface area contributed by atoms with Gasteiger partial charge in [-0.2, -0.15) is 0 Å². The van der Waals surface area contributed by atoms with Crippen LogP contribution in [0.2, 0.25) is 0 Å². The van der Waals surface area contributed by atoms with E-state index in [0.717, 1.165) is 62.3 Å². The maximum atomic E-state index is 4.87. The van der Waals surface area contributed by atoms with Gasteiger partial charge in [-0.1, -0.05) is 72.8 Å². The van der Waals surface area contributed by atoms with Gasteiger partial charge in [-0.25, -0.2) is 4.98 Å². The first kappa shape index (κ1) is 23.9. The summed E-state index contributed by atoms with van der Waals surface area (Å²) in [7, 11) is 0. The van der Waals surface area contributed by atoms with Crippen molar-refractivity contribution in [2.75, 3.05) is 9.80 Å². The fraction of sp³-hybridized carbons (Fsp3) is 0.0556. The van der Waals surface area contributed by atoms with E-state index < -0.39 is 0 Å². The lowest BCUT2D eigenvalue weighted by Crippen LogP contribution is -2.24. The molecule has 40 heavy (non-hydrogen) atoms. The average molecular weight is 517 g/mol. The van der Waals surface area contributed by atoms with Crippen LogP contribution in [-0.4, -0.2) is 9.97 Å². The van der Waals surface area contributed by atoms with Crippen molar-refractivity contribution in [3.63, 3.8) is 0 Å². The van der Waals surface area contributed by atoms with Crippen molar-refractivity contribution >= 4 is 34.3 Å². The van der Waals surface area contributed by atoms with E-state index >= 15 is 0 Å². The second-order valence-corrected chi connectivity index (χ2v) is 10.0. The monoisotopic (exact) mass is 516 g/mol. The number of hydrogen-bond donors (Lipinski definition) is 0. The van der Waals surface area contributed by atoms with Gasteiger partial charge in [0.25, 0.3) is 0 Å². The Morgan fingerprint density at radius 3 is 1.70 bits per heavy atom. The van der Waals surface area contributed by atoms with E-state index in [0.29, 0.717) is 0 Å². The predicted octanol–water partition coefficient (Wildman–Crippen LogP) is 9.68. The third-order valence-electron chi connectivity index (χ3n) is 7.47. The van der Waals surface area contributed by atoms with Gasteiger partial charge in [-0.05, 0) is 85.1 Å². The second kappa shape index (κ2) is 9.83. The van der Waals surface area contributed by atoms with Gasteiger partial charge in [0.2, 0.25) is 0 Å². The molecular formula is C36H28N4. The molecule has 1 aliphatic heterocycles. The summed E-state index contributed by atoms with van der Waals surface area (Å²) in [6, 6.07) is 44.8. The number of benzene rings is 4. The quantitative estimate of drug-likeness (QED) is 0.233. The van der Waals surface area contributed by atoms with Crippen LogP contribution in [0, 0.1) is 13.8 Å². The fourth-order valence-corrected chi connectivity index (χ4v) is 5.60. The summed E-state index contributed by atoms with van der Waals surface area (Å²) in [6.45, 7) is 4.10. The SMILES string of the molecule is Cc1ccc(-c2ccc(-c3ccnc(N4c5ccccc5N(c5ccccc5)c5ccccc54)c3)cc2)c(C)n1. The van der Waals surface area contributed by atoms with E-state index in [1.165, 1.54) is 5.56 Å². The summed E-state index contributed by atoms with van der Waals surface area (Å²) in [4.78, 5) is 14.1. The molecular weight excluding hydrogens is 488 g/mol. The lowest BCUT2D eigenvalue weighted by molar-refractivity contribution is 1.12. The van der Waals surface area contributed by atoms with Crippen LogP contribution in [0.15, 0.2) is 134 Å². The molecule has 4 nitrogen and oxygen atoms in total. The summed E-state index contributed by atoms with van der Waals surface area (Å²) in [5.74, 6) is 0.882. The smallest absolute Gasteiger partial charge is 0.138 e. The average Bonchev–Trinajstić information content (AvgIpc) is 3.00. The molecule has 0 amide bonds. The zero-order chi connectivity index (χ0) is 27.1. The molecule has 0 fully saturated rings. The Morgan fingerprint density at radius 2 is 1.07 bits per heavy atom. The number of aromatic nitrogens is 2. The number of pyridine rings is 2. The van der Waals surface area contributed by atoms with Gasteiger partial charge >= 0.3 is 0 Å². The van der Waals surface area contributed by atoms with Crippen molar-refractivity contribution in [2.24, 2.45) is 0 Å². The molecule has 4 aromatic carbocycles. The van der Waals surface area contributed by atoms with E-state index in [4.69, 9.17) is 4.98 Å². The van der Waals surface area contributed by atoms with Gasteiger partial charge in [-0.3, -0.25) is 9.88 Å². The third-order valence-corrected chi connectivity index (χ3v) is 7.47. The molecule has 192 valence electrons. The number of para-hydroxylation sites is 5. The van der Waals surface area contributed by atoms with Gasteiger partial charge in [0.1, 0.15) is 5.82 Å². The van der Waals surface area contributed by atoms with Gasteiger partial charge < -0.3 is 4.90 Å². The van der Waals surface area contributed by atoms with Gasteiger partial charge in [0, 0.05) is 28.8 Å². The van der Waals surface area contributed by atoms with E-state index in [1.54, 1.807) is 0 Å². The minimum atomic E-state index is 0.882. The Morgan fingerprint density at radius 1 is 0.500 bits per heavy atom. The maximum absolute atomic E-state index is 4.87. The Balaban J connectivity index is 1.31. The first-order valence-corrected chi connectivity index (χ1v) is 13.5. The molecule has 0 aliphatic carbocycles. The van der Waals surface area contributed by atoms with Crippen molar-refractivity contribution in [1.82, 2.24) is 9.97 Å². The molecule has 6 aromatic rings. The van der Waals surface area contributed by atoms with Crippen LogP contribution in [0.5, 0.6) is 0 Å². The largest absolute Gasteiger partial charge is 0.306 e. The Kier molecular flexibility index (Phi) is 5.86. The molecule has 0 radical (unpaired) electrons. The number of rotatable bonds is 4.